The maximum atomic E-state index is 12.5. The Balaban J connectivity index is 1.91. The third-order valence-electron chi connectivity index (χ3n) is 4.98. The zero-order valence-electron chi connectivity index (χ0n) is 17.2. The fourth-order valence-corrected chi connectivity index (χ4v) is 3.23. The monoisotopic (exact) mass is 377 g/mol. The molecule has 1 amide bonds. The van der Waals surface area contributed by atoms with Crippen molar-refractivity contribution in [1.82, 2.24) is 0 Å². The highest BCUT2D eigenvalue weighted by atomic mass is 16.5. The van der Waals surface area contributed by atoms with Crippen LogP contribution in [0.4, 0.5) is 5.69 Å². The number of furan rings is 1. The molecule has 0 fully saturated rings. The molecule has 0 spiro atoms. The van der Waals surface area contributed by atoms with E-state index in [0.717, 1.165) is 51.3 Å². The highest BCUT2D eigenvalue weighted by Crippen LogP contribution is 2.35. The summed E-state index contributed by atoms with van der Waals surface area (Å²) in [6, 6.07) is 11.9. The number of amides is 1. The van der Waals surface area contributed by atoms with Crippen molar-refractivity contribution in [2.24, 2.45) is 0 Å². The van der Waals surface area contributed by atoms with Crippen molar-refractivity contribution in [1.29, 1.82) is 0 Å². The Hall–Kier alpha value is -3.01. The van der Waals surface area contributed by atoms with Gasteiger partial charge in [-0.05, 0) is 69.0 Å². The molecule has 0 atom stereocenters. The third kappa shape index (κ3) is 4.11. The lowest BCUT2D eigenvalue weighted by atomic mass is 10.0. The number of allylic oxidation sites excluding steroid dienone is 1. The largest absolute Gasteiger partial charge is 0.493 e. The van der Waals surface area contributed by atoms with E-state index in [0.29, 0.717) is 6.61 Å². The van der Waals surface area contributed by atoms with Gasteiger partial charge >= 0.3 is 0 Å². The van der Waals surface area contributed by atoms with Gasteiger partial charge in [-0.15, -0.1) is 0 Å². The second kappa shape index (κ2) is 8.34. The van der Waals surface area contributed by atoms with Gasteiger partial charge in [-0.3, -0.25) is 4.79 Å². The molecule has 0 aliphatic rings. The number of hydrogen-bond acceptors (Lipinski definition) is 3. The van der Waals surface area contributed by atoms with Crippen molar-refractivity contribution in [3.8, 4) is 5.75 Å². The van der Waals surface area contributed by atoms with Crippen molar-refractivity contribution < 1.29 is 13.9 Å². The van der Waals surface area contributed by atoms with Gasteiger partial charge in [-0.25, -0.2) is 0 Å². The van der Waals surface area contributed by atoms with Gasteiger partial charge < -0.3 is 14.5 Å². The minimum absolute atomic E-state index is 0.163. The quantitative estimate of drug-likeness (QED) is 0.532. The summed E-state index contributed by atoms with van der Waals surface area (Å²) in [6.45, 7) is 10.5. The molecule has 28 heavy (non-hydrogen) atoms. The molecule has 0 bridgehead atoms. The lowest BCUT2D eigenvalue weighted by Gasteiger charge is -2.11. The fraction of sp³-hybridized carbons (Fsp3) is 0.292. The van der Waals surface area contributed by atoms with E-state index in [-0.39, 0.29) is 5.91 Å². The highest BCUT2D eigenvalue weighted by Gasteiger charge is 2.14. The summed E-state index contributed by atoms with van der Waals surface area (Å²) in [5.41, 5.74) is 5.67. The van der Waals surface area contributed by atoms with E-state index in [1.54, 1.807) is 6.08 Å². The standard InChI is InChI=1S/C24H27NO3/c1-6-18-8-10-19(11-9-18)25-24(26)12-15(3)20-13-21-16(4)17(5)28-23(21)14-22(20)27-7-2/h8-14H,6-7H2,1-5H3,(H,25,26)/b15-12+. The van der Waals surface area contributed by atoms with Crippen LogP contribution in [-0.4, -0.2) is 12.5 Å². The number of anilines is 1. The summed E-state index contributed by atoms with van der Waals surface area (Å²) in [7, 11) is 0. The lowest BCUT2D eigenvalue weighted by molar-refractivity contribution is -0.111. The number of rotatable bonds is 6. The van der Waals surface area contributed by atoms with Gasteiger partial charge in [-0.2, -0.15) is 0 Å². The zero-order chi connectivity index (χ0) is 20.3. The first-order valence-corrected chi connectivity index (χ1v) is 9.68. The van der Waals surface area contributed by atoms with Crippen LogP contribution in [0.2, 0.25) is 0 Å². The first-order chi connectivity index (χ1) is 13.4. The molecule has 1 N–H and O–H groups in total. The third-order valence-corrected chi connectivity index (χ3v) is 4.98. The molecule has 3 aromatic rings. The Morgan fingerprint density at radius 1 is 1.14 bits per heavy atom. The van der Waals surface area contributed by atoms with Gasteiger partial charge in [-0.1, -0.05) is 19.1 Å². The molecule has 4 heteroatoms. The predicted molar refractivity (Wildman–Crippen MR) is 115 cm³/mol. The Bertz CT molecular complexity index is 1030. The van der Waals surface area contributed by atoms with E-state index in [1.807, 2.05) is 64.1 Å². The first-order valence-electron chi connectivity index (χ1n) is 9.68. The summed E-state index contributed by atoms with van der Waals surface area (Å²) >= 11 is 0. The van der Waals surface area contributed by atoms with Crippen LogP contribution in [-0.2, 0) is 11.2 Å². The molecular weight excluding hydrogens is 350 g/mol. The van der Waals surface area contributed by atoms with Crippen LogP contribution in [0.15, 0.2) is 46.9 Å². The average Bonchev–Trinajstić information content (AvgIpc) is 2.95. The number of ether oxygens (including phenoxy) is 1. The van der Waals surface area contributed by atoms with Gasteiger partial charge in [0.1, 0.15) is 17.1 Å². The van der Waals surface area contributed by atoms with Crippen molar-refractivity contribution in [3.05, 3.63) is 64.9 Å². The molecule has 4 nitrogen and oxygen atoms in total. The van der Waals surface area contributed by atoms with Gasteiger partial charge in [0, 0.05) is 28.8 Å². The number of aryl methyl sites for hydroxylation is 3. The summed E-state index contributed by atoms with van der Waals surface area (Å²) in [4.78, 5) is 12.5. The first kappa shape index (κ1) is 19.7. The van der Waals surface area contributed by atoms with E-state index >= 15 is 0 Å². The predicted octanol–water partition coefficient (Wildman–Crippen LogP) is 6.05. The highest BCUT2D eigenvalue weighted by molar-refractivity contribution is 6.04. The van der Waals surface area contributed by atoms with Gasteiger partial charge in [0.15, 0.2) is 0 Å². The van der Waals surface area contributed by atoms with Crippen LogP contribution >= 0.6 is 0 Å². The topological polar surface area (TPSA) is 51.5 Å². The molecule has 3 rings (SSSR count). The number of fused-ring (bicyclic) bond motifs is 1. The second-order valence-electron chi connectivity index (χ2n) is 6.93. The van der Waals surface area contributed by atoms with Gasteiger partial charge in [0.25, 0.3) is 0 Å². The number of carbonyl (C=O) groups is 1. The molecule has 0 unspecified atom stereocenters. The Kier molecular flexibility index (Phi) is 5.88. The molecule has 0 saturated heterocycles. The van der Waals surface area contributed by atoms with E-state index in [1.165, 1.54) is 5.56 Å². The summed E-state index contributed by atoms with van der Waals surface area (Å²) in [6.07, 6.45) is 2.59. The van der Waals surface area contributed by atoms with Crippen molar-refractivity contribution >= 4 is 28.1 Å². The Labute approximate surface area is 166 Å². The zero-order valence-corrected chi connectivity index (χ0v) is 17.2. The van der Waals surface area contributed by atoms with Crippen LogP contribution < -0.4 is 10.1 Å². The van der Waals surface area contributed by atoms with E-state index in [4.69, 9.17) is 9.15 Å². The molecule has 2 aromatic carbocycles. The van der Waals surface area contributed by atoms with E-state index in [9.17, 15) is 4.79 Å². The SMILES string of the molecule is CCOc1cc2oc(C)c(C)c2cc1/C(C)=C/C(=O)Nc1ccc(CC)cc1. The lowest BCUT2D eigenvalue weighted by Crippen LogP contribution is -2.08. The van der Waals surface area contributed by atoms with Crippen LogP contribution in [0, 0.1) is 13.8 Å². The molecule has 146 valence electrons. The normalized spacial score (nSPS) is 11.7. The number of hydrogen-bond donors (Lipinski definition) is 1. The van der Waals surface area contributed by atoms with Gasteiger partial charge in [0.2, 0.25) is 5.91 Å². The molecule has 1 heterocycles. The van der Waals surface area contributed by atoms with Crippen LogP contribution in [0.25, 0.3) is 16.5 Å². The van der Waals surface area contributed by atoms with E-state index in [2.05, 4.69) is 12.2 Å². The average molecular weight is 377 g/mol. The van der Waals surface area contributed by atoms with Crippen LogP contribution in [0.3, 0.4) is 0 Å². The van der Waals surface area contributed by atoms with Crippen molar-refractivity contribution in [2.75, 3.05) is 11.9 Å². The summed E-state index contributed by atoms with van der Waals surface area (Å²) < 4.78 is 11.6. The summed E-state index contributed by atoms with van der Waals surface area (Å²) in [5.74, 6) is 1.45. The van der Waals surface area contributed by atoms with Crippen LogP contribution in [0.5, 0.6) is 5.75 Å². The van der Waals surface area contributed by atoms with Crippen molar-refractivity contribution in [3.63, 3.8) is 0 Å². The van der Waals surface area contributed by atoms with Crippen LogP contribution in [0.1, 0.15) is 43.2 Å². The van der Waals surface area contributed by atoms with Crippen molar-refractivity contribution in [2.45, 2.75) is 41.0 Å². The molecule has 0 aliphatic carbocycles. The fourth-order valence-electron chi connectivity index (χ4n) is 3.23. The molecule has 0 radical (unpaired) electrons. The smallest absolute Gasteiger partial charge is 0.248 e. The second-order valence-corrected chi connectivity index (χ2v) is 6.93. The maximum Gasteiger partial charge on any atom is 0.248 e. The number of carbonyl (C=O) groups excluding carboxylic acids is 1. The maximum absolute atomic E-state index is 12.5. The molecule has 0 aliphatic heterocycles. The summed E-state index contributed by atoms with van der Waals surface area (Å²) in [5, 5.41) is 3.96. The minimum atomic E-state index is -0.163. The minimum Gasteiger partial charge on any atom is -0.493 e. The Morgan fingerprint density at radius 2 is 1.86 bits per heavy atom. The van der Waals surface area contributed by atoms with Gasteiger partial charge in [0.05, 0.1) is 6.61 Å². The molecule has 1 aromatic heterocycles. The Morgan fingerprint density at radius 3 is 2.50 bits per heavy atom. The van der Waals surface area contributed by atoms with E-state index < -0.39 is 0 Å². The molecular formula is C24H27NO3. The number of benzene rings is 2. The molecule has 0 saturated carbocycles. The number of nitrogens with one attached hydrogen (secondary N) is 1.